The van der Waals surface area contributed by atoms with Crippen molar-refractivity contribution in [2.24, 2.45) is 0 Å². The Hall–Kier alpha value is -1.34. The lowest BCUT2D eigenvalue weighted by Gasteiger charge is -2.06. The number of anilines is 1. The highest BCUT2D eigenvalue weighted by molar-refractivity contribution is 7.99. The Balaban J connectivity index is 2.69. The molecule has 0 heterocycles. The van der Waals surface area contributed by atoms with Crippen LogP contribution in [0, 0.1) is 11.3 Å². The van der Waals surface area contributed by atoms with Crippen LogP contribution in [-0.4, -0.2) is 12.9 Å². The van der Waals surface area contributed by atoms with E-state index in [0.717, 1.165) is 22.1 Å². The van der Waals surface area contributed by atoms with Crippen LogP contribution in [0.4, 0.5) is 5.69 Å². The number of nitrogens with two attached hydrogens (primary N) is 1. The average molecular weight is 208 g/mol. The van der Waals surface area contributed by atoms with Crippen LogP contribution < -0.4 is 10.5 Å². The van der Waals surface area contributed by atoms with E-state index in [4.69, 9.17) is 15.7 Å². The van der Waals surface area contributed by atoms with Gasteiger partial charge in [0.05, 0.1) is 13.2 Å². The Morgan fingerprint density at radius 2 is 2.36 bits per heavy atom. The molecule has 4 heteroatoms. The molecule has 0 spiro atoms. The molecule has 1 aromatic rings. The third kappa shape index (κ3) is 2.86. The highest BCUT2D eigenvalue weighted by atomic mass is 32.2. The number of benzene rings is 1. The van der Waals surface area contributed by atoms with E-state index in [2.05, 4.69) is 6.07 Å². The molecular formula is C10H12N2OS. The molecule has 0 fully saturated rings. The zero-order valence-corrected chi connectivity index (χ0v) is 8.80. The summed E-state index contributed by atoms with van der Waals surface area (Å²) in [6.45, 7) is 0. The van der Waals surface area contributed by atoms with Crippen molar-refractivity contribution >= 4 is 17.4 Å². The summed E-state index contributed by atoms with van der Waals surface area (Å²) in [5.74, 6) is 1.55. The highest BCUT2D eigenvalue weighted by Gasteiger charge is 2.01. The predicted molar refractivity (Wildman–Crippen MR) is 58.4 cm³/mol. The number of nitrogens with zero attached hydrogens (tertiary/aromatic N) is 1. The number of rotatable bonds is 4. The second kappa shape index (κ2) is 5.40. The normalized spacial score (nSPS) is 9.43. The van der Waals surface area contributed by atoms with E-state index < -0.39 is 0 Å². The monoisotopic (exact) mass is 208 g/mol. The van der Waals surface area contributed by atoms with E-state index >= 15 is 0 Å². The lowest BCUT2D eigenvalue weighted by atomic mass is 10.3. The summed E-state index contributed by atoms with van der Waals surface area (Å²) in [5, 5.41) is 8.40. The van der Waals surface area contributed by atoms with Crippen LogP contribution in [0.5, 0.6) is 5.75 Å². The van der Waals surface area contributed by atoms with E-state index in [1.807, 2.05) is 18.2 Å². The zero-order valence-electron chi connectivity index (χ0n) is 7.99. The van der Waals surface area contributed by atoms with Crippen LogP contribution in [0.1, 0.15) is 6.42 Å². The van der Waals surface area contributed by atoms with E-state index in [1.165, 1.54) is 0 Å². The largest absolute Gasteiger partial charge is 0.497 e. The average Bonchev–Trinajstić information content (AvgIpc) is 2.21. The van der Waals surface area contributed by atoms with Gasteiger partial charge in [0.15, 0.2) is 0 Å². The van der Waals surface area contributed by atoms with Gasteiger partial charge in [0.1, 0.15) is 5.75 Å². The smallest absolute Gasteiger partial charge is 0.120 e. The molecule has 0 bridgehead atoms. The summed E-state index contributed by atoms with van der Waals surface area (Å²) in [6.07, 6.45) is 0.529. The second-order valence-electron chi connectivity index (χ2n) is 2.66. The SMILES string of the molecule is COc1ccc(N)c(SCCC#N)c1. The van der Waals surface area contributed by atoms with Gasteiger partial charge >= 0.3 is 0 Å². The van der Waals surface area contributed by atoms with Crippen molar-refractivity contribution in [2.75, 3.05) is 18.6 Å². The second-order valence-corrected chi connectivity index (χ2v) is 3.80. The van der Waals surface area contributed by atoms with E-state index in [0.29, 0.717) is 6.42 Å². The quantitative estimate of drug-likeness (QED) is 0.468. The molecule has 0 atom stereocenters. The lowest BCUT2D eigenvalue weighted by molar-refractivity contribution is 0.414. The summed E-state index contributed by atoms with van der Waals surface area (Å²) in [7, 11) is 1.62. The van der Waals surface area contributed by atoms with Gasteiger partial charge in [-0.3, -0.25) is 0 Å². The van der Waals surface area contributed by atoms with Gasteiger partial charge < -0.3 is 10.5 Å². The Morgan fingerprint density at radius 1 is 1.57 bits per heavy atom. The molecule has 0 saturated carbocycles. The van der Waals surface area contributed by atoms with E-state index in [9.17, 15) is 0 Å². The number of hydrogen-bond acceptors (Lipinski definition) is 4. The lowest BCUT2D eigenvalue weighted by Crippen LogP contribution is -1.91. The molecule has 0 aliphatic heterocycles. The predicted octanol–water partition coefficient (Wildman–Crippen LogP) is 2.28. The Morgan fingerprint density at radius 3 is 3.00 bits per heavy atom. The zero-order chi connectivity index (χ0) is 10.4. The van der Waals surface area contributed by atoms with Crippen molar-refractivity contribution < 1.29 is 4.74 Å². The maximum Gasteiger partial charge on any atom is 0.120 e. The number of nitrogen functional groups attached to an aromatic ring is 1. The number of methoxy groups -OCH3 is 1. The summed E-state index contributed by atoms with van der Waals surface area (Å²) < 4.78 is 5.08. The maximum atomic E-state index is 8.40. The number of hydrogen-bond donors (Lipinski definition) is 1. The Kier molecular flexibility index (Phi) is 4.14. The molecular weight excluding hydrogens is 196 g/mol. The molecule has 14 heavy (non-hydrogen) atoms. The van der Waals surface area contributed by atoms with Gasteiger partial charge in [-0.05, 0) is 18.2 Å². The highest BCUT2D eigenvalue weighted by Crippen LogP contribution is 2.29. The van der Waals surface area contributed by atoms with Gasteiger partial charge in [-0.1, -0.05) is 0 Å². The number of ether oxygens (including phenoxy) is 1. The van der Waals surface area contributed by atoms with Gasteiger partial charge in [-0.25, -0.2) is 0 Å². The minimum Gasteiger partial charge on any atom is -0.497 e. The molecule has 0 aromatic heterocycles. The van der Waals surface area contributed by atoms with Gasteiger partial charge in [0, 0.05) is 22.8 Å². The van der Waals surface area contributed by atoms with Crippen molar-refractivity contribution in [1.82, 2.24) is 0 Å². The van der Waals surface area contributed by atoms with Gasteiger partial charge in [-0.15, -0.1) is 11.8 Å². The third-order valence-electron chi connectivity index (χ3n) is 1.69. The summed E-state index contributed by atoms with van der Waals surface area (Å²) in [5.41, 5.74) is 6.50. The molecule has 0 aliphatic rings. The van der Waals surface area contributed by atoms with Gasteiger partial charge in [0.25, 0.3) is 0 Å². The van der Waals surface area contributed by atoms with Crippen molar-refractivity contribution in [3.8, 4) is 11.8 Å². The van der Waals surface area contributed by atoms with E-state index in [-0.39, 0.29) is 0 Å². The van der Waals surface area contributed by atoms with Crippen LogP contribution in [0.15, 0.2) is 23.1 Å². The Bertz CT molecular complexity index is 346. The fourth-order valence-corrected chi connectivity index (χ4v) is 1.82. The van der Waals surface area contributed by atoms with Crippen molar-refractivity contribution in [3.63, 3.8) is 0 Å². The Labute approximate surface area is 87.9 Å². The number of thioether (sulfide) groups is 1. The van der Waals surface area contributed by atoms with Gasteiger partial charge in [0.2, 0.25) is 0 Å². The fraction of sp³-hybridized carbons (Fsp3) is 0.300. The molecule has 0 radical (unpaired) electrons. The first-order valence-electron chi connectivity index (χ1n) is 4.21. The van der Waals surface area contributed by atoms with Gasteiger partial charge in [-0.2, -0.15) is 5.26 Å². The first-order chi connectivity index (χ1) is 6.77. The van der Waals surface area contributed by atoms with Crippen LogP contribution in [0.3, 0.4) is 0 Å². The number of nitriles is 1. The molecule has 3 nitrogen and oxygen atoms in total. The molecule has 1 aromatic carbocycles. The standard InChI is InChI=1S/C10H12N2OS/c1-13-8-3-4-9(12)10(7-8)14-6-2-5-11/h3-4,7H,2,6,12H2,1H3. The molecule has 0 amide bonds. The first kappa shape index (κ1) is 10.7. The van der Waals surface area contributed by atoms with Crippen LogP contribution in [0.2, 0.25) is 0 Å². The van der Waals surface area contributed by atoms with Crippen LogP contribution >= 0.6 is 11.8 Å². The molecule has 74 valence electrons. The van der Waals surface area contributed by atoms with Crippen LogP contribution in [0.25, 0.3) is 0 Å². The summed E-state index contributed by atoms with van der Waals surface area (Å²) in [4.78, 5) is 0.972. The van der Waals surface area contributed by atoms with E-state index in [1.54, 1.807) is 18.9 Å². The minimum atomic E-state index is 0.529. The third-order valence-corrected chi connectivity index (χ3v) is 2.76. The topological polar surface area (TPSA) is 59.0 Å². The maximum absolute atomic E-state index is 8.40. The molecule has 0 saturated heterocycles. The summed E-state index contributed by atoms with van der Waals surface area (Å²) >= 11 is 1.57. The molecule has 1 rings (SSSR count). The molecule has 0 aliphatic carbocycles. The van der Waals surface area contributed by atoms with Crippen molar-refractivity contribution in [2.45, 2.75) is 11.3 Å². The van der Waals surface area contributed by atoms with Crippen molar-refractivity contribution in [1.29, 1.82) is 5.26 Å². The molecule has 2 N–H and O–H groups in total. The fourth-order valence-electron chi connectivity index (χ4n) is 0.973. The summed E-state index contributed by atoms with van der Waals surface area (Å²) in [6, 6.07) is 7.62. The first-order valence-corrected chi connectivity index (χ1v) is 5.19. The van der Waals surface area contributed by atoms with Crippen molar-refractivity contribution in [3.05, 3.63) is 18.2 Å². The molecule has 0 unspecified atom stereocenters. The minimum absolute atomic E-state index is 0.529. The van der Waals surface area contributed by atoms with Crippen LogP contribution in [-0.2, 0) is 0 Å².